The molecule has 106 valence electrons. The first kappa shape index (κ1) is 14.9. The van der Waals surface area contributed by atoms with Crippen LogP contribution in [0.25, 0.3) is 0 Å². The third-order valence-corrected chi connectivity index (χ3v) is 2.50. The van der Waals surface area contributed by atoms with Crippen LogP contribution < -0.4 is 16.1 Å². The van der Waals surface area contributed by atoms with Gasteiger partial charge in [-0.15, -0.1) is 5.10 Å². The number of carboxylic acid groups (broad SMARTS) is 1. The molecule has 0 aliphatic rings. The van der Waals surface area contributed by atoms with Crippen molar-refractivity contribution in [3.8, 4) is 0 Å². The Labute approximate surface area is 108 Å². The standard InChI is InChI=1S/C10H16N4O5/c1-12-9(17)8(11-13(2)10(12)18)14(4-5-19-3)6-7(15)16/h4-6H2,1-3H3,(H,15,16). The molecular weight excluding hydrogens is 256 g/mol. The number of rotatable bonds is 6. The minimum atomic E-state index is -1.10. The number of carboxylic acids is 1. The monoisotopic (exact) mass is 272 g/mol. The van der Waals surface area contributed by atoms with E-state index in [9.17, 15) is 14.4 Å². The van der Waals surface area contributed by atoms with Crippen LogP contribution in [-0.2, 0) is 23.6 Å². The molecule has 0 saturated heterocycles. The molecule has 0 saturated carbocycles. The lowest BCUT2D eigenvalue weighted by atomic mass is 10.4. The Bertz CT molecular complexity index is 576. The number of anilines is 1. The molecule has 9 heteroatoms. The van der Waals surface area contributed by atoms with Crippen molar-refractivity contribution >= 4 is 11.8 Å². The van der Waals surface area contributed by atoms with Crippen LogP contribution in [0.15, 0.2) is 9.59 Å². The van der Waals surface area contributed by atoms with Crippen LogP contribution in [0.4, 0.5) is 5.82 Å². The topological polar surface area (TPSA) is 107 Å². The summed E-state index contributed by atoms with van der Waals surface area (Å²) in [6.45, 7) is 0.0218. The van der Waals surface area contributed by atoms with Gasteiger partial charge in [0.2, 0.25) is 5.82 Å². The Balaban J connectivity index is 3.25. The van der Waals surface area contributed by atoms with E-state index in [-0.39, 0.29) is 19.0 Å². The number of hydrogen-bond donors (Lipinski definition) is 1. The molecule has 0 radical (unpaired) electrons. The third kappa shape index (κ3) is 3.41. The first-order chi connectivity index (χ1) is 8.88. The van der Waals surface area contributed by atoms with Crippen molar-refractivity contribution in [1.29, 1.82) is 0 Å². The lowest BCUT2D eigenvalue weighted by Crippen LogP contribution is -2.45. The number of aliphatic carboxylic acids is 1. The molecule has 0 fully saturated rings. The summed E-state index contributed by atoms with van der Waals surface area (Å²) in [4.78, 5) is 35.5. The van der Waals surface area contributed by atoms with Gasteiger partial charge in [-0.05, 0) is 0 Å². The SMILES string of the molecule is COCCN(CC(=O)O)c1nn(C)c(=O)n(C)c1=O. The van der Waals surface area contributed by atoms with E-state index in [0.717, 1.165) is 9.25 Å². The molecule has 0 unspecified atom stereocenters. The number of aryl methyl sites for hydroxylation is 1. The van der Waals surface area contributed by atoms with Crippen molar-refractivity contribution < 1.29 is 14.6 Å². The second kappa shape index (κ2) is 6.14. The van der Waals surface area contributed by atoms with Gasteiger partial charge in [0.1, 0.15) is 6.54 Å². The number of nitrogens with zero attached hydrogens (tertiary/aromatic N) is 4. The Hall–Kier alpha value is -2.16. The van der Waals surface area contributed by atoms with Crippen molar-refractivity contribution in [2.45, 2.75) is 0 Å². The fourth-order valence-corrected chi connectivity index (χ4v) is 1.50. The van der Waals surface area contributed by atoms with Gasteiger partial charge in [0.05, 0.1) is 6.61 Å². The van der Waals surface area contributed by atoms with Crippen LogP contribution in [0.1, 0.15) is 0 Å². The number of methoxy groups -OCH3 is 1. The molecule has 19 heavy (non-hydrogen) atoms. The lowest BCUT2D eigenvalue weighted by molar-refractivity contribution is -0.135. The van der Waals surface area contributed by atoms with Crippen molar-refractivity contribution in [2.75, 3.05) is 31.7 Å². The van der Waals surface area contributed by atoms with E-state index in [0.29, 0.717) is 0 Å². The molecule has 1 aromatic rings. The predicted molar refractivity (Wildman–Crippen MR) is 66.4 cm³/mol. The minimum absolute atomic E-state index is 0.0935. The van der Waals surface area contributed by atoms with E-state index in [1.807, 2.05) is 0 Å². The highest BCUT2D eigenvalue weighted by molar-refractivity contribution is 5.72. The molecule has 0 amide bonds. The Morgan fingerprint density at radius 2 is 2.05 bits per heavy atom. The summed E-state index contributed by atoms with van der Waals surface area (Å²) in [6, 6.07) is 0. The van der Waals surface area contributed by atoms with Gasteiger partial charge < -0.3 is 14.7 Å². The van der Waals surface area contributed by atoms with Gasteiger partial charge in [-0.25, -0.2) is 9.48 Å². The lowest BCUT2D eigenvalue weighted by Gasteiger charge is -2.20. The normalized spacial score (nSPS) is 10.5. The zero-order chi connectivity index (χ0) is 14.6. The van der Waals surface area contributed by atoms with E-state index in [4.69, 9.17) is 9.84 Å². The van der Waals surface area contributed by atoms with Gasteiger partial charge in [-0.1, -0.05) is 0 Å². The Morgan fingerprint density at radius 3 is 2.58 bits per heavy atom. The Kier molecular flexibility index (Phi) is 4.81. The fraction of sp³-hybridized carbons (Fsp3) is 0.600. The third-order valence-electron chi connectivity index (χ3n) is 2.50. The van der Waals surface area contributed by atoms with Crippen LogP contribution in [-0.4, -0.2) is 52.2 Å². The number of carbonyl (C=O) groups is 1. The fourth-order valence-electron chi connectivity index (χ4n) is 1.50. The highest BCUT2D eigenvalue weighted by Gasteiger charge is 2.18. The van der Waals surface area contributed by atoms with Crippen LogP contribution in [0.3, 0.4) is 0 Å². The van der Waals surface area contributed by atoms with E-state index >= 15 is 0 Å². The van der Waals surface area contributed by atoms with Gasteiger partial charge >= 0.3 is 11.7 Å². The van der Waals surface area contributed by atoms with Crippen LogP contribution in [0, 0.1) is 0 Å². The van der Waals surface area contributed by atoms with Gasteiger partial charge in [0.15, 0.2) is 0 Å². The molecule has 1 aromatic heterocycles. The molecular formula is C10H16N4O5. The average molecular weight is 272 g/mol. The molecule has 0 spiro atoms. The van der Waals surface area contributed by atoms with E-state index < -0.39 is 23.8 Å². The molecule has 0 aromatic carbocycles. The van der Waals surface area contributed by atoms with Crippen molar-refractivity contribution in [2.24, 2.45) is 14.1 Å². The van der Waals surface area contributed by atoms with Gasteiger partial charge in [0.25, 0.3) is 5.56 Å². The molecule has 0 aliphatic carbocycles. The first-order valence-corrected chi connectivity index (χ1v) is 5.48. The summed E-state index contributed by atoms with van der Waals surface area (Å²) in [5, 5.41) is 12.7. The highest BCUT2D eigenvalue weighted by atomic mass is 16.5. The molecule has 1 heterocycles. The van der Waals surface area contributed by atoms with Gasteiger partial charge in [-0.3, -0.25) is 14.2 Å². The van der Waals surface area contributed by atoms with Gasteiger partial charge in [0, 0.05) is 27.7 Å². The van der Waals surface area contributed by atoms with Crippen LogP contribution in [0.2, 0.25) is 0 Å². The largest absolute Gasteiger partial charge is 0.480 e. The molecule has 0 atom stereocenters. The molecule has 0 aliphatic heterocycles. The summed E-state index contributed by atoms with van der Waals surface area (Å²) in [5.74, 6) is -1.20. The van der Waals surface area contributed by atoms with E-state index in [1.54, 1.807) is 0 Å². The summed E-state index contributed by atoms with van der Waals surface area (Å²) in [7, 11) is 4.16. The number of ether oxygens (including phenoxy) is 1. The van der Waals surface area contributed by atoms with Gasteiger partial charge in [-0.2, -0.15) is 0 Å². The summed E-state index contributed by atoms with van der Waals surface area (Å²) < 4.78 is 6.72. The highest BCUT2D eigenvalue weighted by Crippen LogP contribution is 2.01. The van der Waals surface area contributed by atoms with Crippen molar-refractivity contribution in [3.63, 3.8) is 0 Å². The molecule has 0 bridgehead atoms. The maximum absolute atomic E-state index is 11.9. The minimum Gasteiger partial charge on any atom is -0.480 e. The quantitative estimate of drug-likeness (QED) is 0.639. The number of hydrogen-bond acceptors (Lipinski definition) is 6. The zero-order valence-electron chi connectivity index (χ0n) is 11.0. The van der Waals surface area contributed by atoms with Crippen molar-refractivity contribution in [1.82, 2.24) is 14.3 Å². The second-order valence-corrected chi connectivity index (χ2v) is 3.90. The number of aromatic nitrogens is 3. The zero-order valence-corrected chi connectivity index (χ0v) is 11.0. The average Bonchev–Trinajstić information content (AvgIpc) is 2.36. The predicted octanol–water partition coefficient (Wildman–Crippen LogP) is -1.98. The maximum atomic E-state index is 11.9. The molecule has 1 rings (SSSR count). The van der Waals surface area contributed by atoms with E-state index in [1.165, 1.54) is 26.1 Å². The second-order valence-electron chi connectivity index (χ2n) is 3.90. The van der Waals surface area contributed by atoms with Crippen LogP contribution >= 0.6 is 0 Å². The Morgan fingerprint density at radius 1 is 1.42 bits per heavy atom. The maximum Gasteiger partial charge on any atom is 0.346 e. The smallest absolute Gasteiger partial charge is 0.346 e. The summed E-state index contributed by atoms with van der Waals surface area (Å²) >= 11 is 0. The molecule has 9 nitrogen and oxygen atoms in total. The summed E-state index contributed by atoms with van der Waals surface area (Å²) in [5.41, 5.74) is -1.21. The van der Waals surface area contributed by atoms with E-state index in [2.05, 4.69) is 5.10 Å². The first-order valence-electron chi connectivity index (χ1n) is 5.48. The van der Waals surface area contributed by atoms with Crippen molar-refractivity contribution in [3.05, 3.63) is 20.8 Å². The molecule has 1 N–H and O–H groups in total. The van der Waals surface area contributed by atoms with Crippen LogP contribution in [0.5, 0.6) is 0 Å². The summed E-state index contributed by atoms with van der Waals surface area (Å²) in [6.07, 6.45) is 0.